The van der Waals surface area contributed by atoms with Gasteiger partial charge >= 0.3 is 0 Å². The Morgan fingerprint density at radius 1 is 1.29 bits per heavy atom. The first-order chi connectivity index (χ1) is 10.1. The fourth-order valence-electron chi connectivity index (χ4n) is 2.05. The van der Waals surface area contributed by atoms with Gasteiger partial charge < -0.3 is 15.4 Å². The van der Waals surface area contributed by atoms with E-state index in [2.05, 4.69) is 4.98 Å². The number of carbonyl (C=O) groups is 1. The van der Waals surface area contributed by atoms with Gasteiger partial charge in [0.05, 0.1) is 12.7 Å². The third-order valence-corrected chi connectivity index (χ3v) is 3.29. The highest BCUT2D eigenvalue weighted by Gasteiger charge is 2.16. The summed E-state index contributed by atoms with van der Waals surface area (Å²) in [4.78, 5) is 18.1. The van der Waals surface area contributed by atoms with Gasteiger partial charge in [-0.2, -0.15) is 0 Å². The zero-order valence-electron chi connectivity index (χ0n) is 12.2. The molecule has 110 valence electrons. The van der Waals surface area contributed by atoms with Gasteiger partial charge in [-0.15, -0.1) is 0 Å². The fourth-order valence-corrected chi connectivity index (χ4v) is 2.05. The summed E-state index contributed by atoms with van der Waals surface area (Å²) in [5.74, 6) is 0.429. The van der Waals surface area contributed by atoms with Crippen LogP contribution in [0, 0.1) is 0 Å². The number of rotatable bonds is 5. The molecule has 0 radical (unpaired) electrons. The van der Waals surface area contributed by atoms with Crippen LogP contribution in [-0.4, -0.2) is 36.5 Å². The van der Waals surface area contributed by atoms with Crippen molar-refractivity contribution in [3.05, 3.63) is 53.9 Å². The van der Waals surface area contributed by atoms with E-state index in [4.69, 9.17) is 10.5 Å². The highest BCUT2D eigenvalue weighted by atomic mass is 16.5. The van der Waals surface area contributed by atoms with Crippen LogP contribution in [0.4, 0.5) is 5.69 Å². The molecule has 0 atom stereocenters. The lowest BCUT2D eigenvalue weighted by molar-refractivity contribution is 0.0793. The molecule has 1 aromatic carbocycles. The number of nitrogens with zero attached hydrogens (tertiary/aromatic N) is 2. The molecule has 0 aliphatic carbocycles. The van der Waals surface area contributed by atoms with Crippen LogP contribution in [-0.2, 0) is 6.42 Å². The Labute approximate surface area is 124 Å². The average Bonchev–Trinajstić information content (AvgIpc) is 2.52. The number of ether oxygens (including phenoxy) is 1. The van der Waals surface area contributed by atoms with Gasteiger partial charge in [0.1, 0.15) is 5.75 Å². The van der Waals surface area contributed by atoms with Gasteiger partial charge in [-0.05, 0) is 42.3 Å². The number of carbonyl (C=O) groups excluding carboxylic acids is 1. The van der Waals surface area contributed by atoms with E-state index in [1.807, 2.05) is 12.1 Å². The highest BCUT2D eigenvalue weighted by Crippen LogP contribution is 2.22. The second-order valence-electron chi connectivity index (χ2n) is 4.79. The van der Waals surface area contributed by atoms with E-state index in [1.54, 1.807) is 49.7 Å². The van der Waals surface area contributed by atoms with Crippen molar-refractivity contribution in [2.75, 3.05) is 26.4 Å². The molecule has 0 bridgehead atoms. The average molecular weight is 285 g/mol. The molecule has 0 aliphatic rings. The summed E-state index contributed by atoms with van der Waals surface area (Å²) in [6.07, 6.45) is 4.27. The second kappa shape index (κ2) is 6.74. The van der Waals surface area contributed by atoms with Gasteiger partial charge in [0, 0.05) is 31.7 Å². The second-order valence-corrected chi connectivity index (χ2v) is 4.79. The number of pyridine rings is 1. The maximum Gasteiger partial charge on any atom is 0.257 e. The number of likely N-dealkylation sites (N-methyl/N-ethyl adjacent to an activating group) is 1. The standard InChI is InChI=1S/C16H19N3O2/c1-19(10-7-12-5-8-18-9-6-12)16(20)14-11-13(17)3-4-15(14)21-2/h3-6,8-9,11H,7,10,17H2,1-2H3. The first-order valence-electron chi connectivity index (χ1n) is 6.69. The van der Waals surface area contributed by atoms with E-state index in [9.17, 15) is 4.79 Å². The third kappa shape index (κ3) is 3.72. The van der Waals surface area contributed by atoms with Crippen LogP contribution in [0.3, 0.4) is 0 Å². The molecular weight excluding hydrogens is 266 g/mol. The van der Waals surface area contributed by atoms with E-state index < -0.39 is 0 Å². The third-order valence-electron chi connectivity index (χ3n) is 3.29. The lowest BCUT2D eigenvalue weighted by Gasteiger charge is -2.19. The molecule has 0 saturated carbocycles. The van der Waals surface area contributed by atoms with E-state index in [0.29, 0.717) is 23.5 Å². The minimum atomic E-state index is -0.104. The van der Waals surface area contributed by atoms with E-state index in [1.165, 1.54) is 0 Å². The van der Waals surface area contributed by atoms with Crippen molar-refractivity contribution in [1.29, 1.82) is 0 Å². The molecule has 2 aromatic rings. The quantitative estimate of drug-likeness (QED) is 0.853. The van der Waals surface area contributed by atoms with Crippen LogP contribution in [0.5, 0.6) is 5.75 Å². The normalized spacial score (nSPS) is 10.2. The molecule has 5 heteroatoms. The first-order valence-corrected chi connectivity index (χ1v) is 6.69. The molecule has 5 nitrogen and oxygen atoms in total. The van der Waals surface area contributed by atoms with Gasteiger partial charge in [-0.3, -0.25) is 9.78 Å². The van der Waals surface area contributed by atoms with Crippen LogP contribution in [0.15, 0.2) is 42.7 Å². The molecule has 0 spiro atoms. The van der Waals surface area contributed by atoms with Gasteiger partial charge in [-0.25, -0.2) is 0 Å². The minimum absolute atomic E-state index is 0.104. The Balaban J connectivity index is 2.07. The predicted octanol–water partition coefficient (Wildman–Crippen LogP) is 1.99. The van der Waals surface area contributed by atoms with Crippen LogP contribution < -0.4 is 10.5 Å². The number of anilines is 1. The van der Waals surface area contributed by atoms with Crippen LogP contribution in [0.25, 0.3) is 0 Å². The van der Waals surface area contributed by atoms with Crippen molar-refractivity contribution in [3.63, 3.8) is 0 Å². The van der Waals surface area contributed by atoms with Crippen LogP contribution in [0.2, 0.25) is 0 Å². The summed E-state index contributed by atoms with van der Waals surface area (Å²) in [5.41, 5.74) is 7.92. The summed E-state index contributed by atoms with van der Waals surface area (Å²) in [7, 11) is 3.31. The number of nitrogens with two attached hydrogens (primary N) is 1. The molecule has 2 N–H and O–H groups in total. The van der Waals surface area contributed by atoms with Crippen molar-refractivity contribution in [1.82, 2.24) is 9.88 Å². The number of hydrogen-bond donors (Lipinski definition) is 1. The monoisotopic (exact) mass is 285 g/mol. The zero-order valence-corrected chi connectivity index (χ0v) is 12.2. The molecule has 2 rings (SSSR count). The minimum Gasteiger partial charge on any atom is -0.496 e. The van der Waals surface area contributed by atoms with Gasteiger partial charge in [0.2, 0.25) is 0 Å². The van der Waals surface area contributed by atoms with Gasteiger partial charge in [0.15, 0.2) is 0 Å². The number of methoxy groups -OCH3 is 1. The maximum absolute atomic E-state index is 12.5. The molecule has 1 aromatic heterocycles. The SMILES string of the molecule is COc1ccc(N)cc1C(=O)N(C)CCc1ccncc1. The van der Waals surface area contributed by atoms with E-state index in [0.717, 1.165) is 12.0 Å². The number of hydrogen-bond acceptors (Lipinski definition) is 4. The van der Waals surface area contributed by atoms with Gasteiger partial charge in [0.25, 0.3) is 5.91 Å². The van der Waals surface area contributed by atoms with Crippen molar-refractivity contribution in [2.45, 2.75) is 6.42 Å². The Bertz CT molecular complexity index is 614. The molecule has 0 unspecified atom stereocenters. The molecule has 21 heavy (non-hydrogen) atoms. The summed E-state index contributed by atoms with van der Waals surface area (Å²) >= 11 is 0. The Morgan fingerprint density at radius 2 is 2.00 bits per heavy atom. The first kappa shape index (κ1) is 14.8. The lowest BCUT2D eigenvalue weighted by atomic mass is 10.1. The maximum atomic E-state index is 12.5. The Hall–Kier alpha value is -2.56. The Kier molecular flexibility index (Phi) is 4.77. The van der Waals surface area contributed by atoms with Crippen molar-refractivity contribution < 1.29 is 9.53 Å². The van der Waals surface area contributed by atoms with Gasteiger partial charge in [-0.1, -0.05) is 0 Å². The van der Waals surface area contributed by atoms with Crippen LogP contribution >= 0.6 is 0 Å². The molecule has 0 fully saturated rings. The smallest absolute Gasteiger partial charge is 0.257 e. The number of amides is 1. The predicted molar refractivity (Wildman–Crippen MR) is 82.3 cm³/mol. The molecule has 0 aliphatic heterocycles. The van der Waals surface area contributed by atoms with Crippen molar-refractivity contribution in [2.24, 2.45) is 0 Å². The molecule has 0 saturated heterocycles. The number of benzene rings is 1. The molecule has 1 heterocycles. The van der Waals surface area contributed by atoms with Crippen molar-refractivity contribution >= 4 is 11.6 Å². The summed E-state index contributed by atoms with van der Waals surface area (Å²) in [6.45, 7) is 0.612. The van der Waals surface area contributed by atoms with E-state index in [-0.39, 0.29) is 5.91 Å². The molecular formula is C16H19N3O2. The summed E-state index contributed by atoms with van der Waals surface area (Å²) in [6, 6.07) is 8.95. The summed E-state index contributed by atoms with van der Waals surface area (Å²) in [5, 5.41) is 0. The number of nitrogen functional groups attached to an aromatic ring is 1. The Morgan fingerprint density at radius 3 is 2.67 bits per heavy atom. The highest BCUT2D eigenvalue weighted by molar-refractivity contribution is 5.97. The van der Waals surface area contributed by atoms with Crippen LogP contribution in [0.1, 0.15) is 15.9 Å². The summed E-state index contributed by atoms with van der Waals surface area (Å²) < 4.78 is 5.22. The largest absolute Gasteiger partial charge is 0.496 e. The zero-order chi connectivity index (χ0) is 15.2. The fraction of sp³-hybridized carbons (Fsp3) is 0.250. The van der Waals surface area contributed by atoms with E-state index >= 15 is 0 Å². The molecule has 1 amide bonds. The lowest BCUT2D eigenvalue weighted by Crippen LogP contribution is -2.29. The van der Waals surface area contributed by atoms with Crippen molar-refractivity contribution in [3.8, 4) is 5.75 Å². The topological polar surface area (TPSA) is 68.5 Å². The number of aromatic nitrogens is 1.